The van der Waals surface area contributed by atoms with Crippen molar-refractivity contribution in [2.45, 2.75) is 43.6 Å². The Hall–Kier alpha value is -3.53. The van der Waals surface area contributed by atoms with Crippen LogP contribution in [0.2, 0.25) is 5.02 Å². The fourth-order valence-corrected chi connectivity index (χ4v) is 6.19. The molecule has 0 saturated carbocycles. The Labute approximate surface area is 210 Å². The molecule has 6 rings (SSSR count). The van der Waals surface area contributed by atoms with Gasteiger partial charge in [-0.2, -0.15) is 0 Å². The lowest BCUT2D eigenvalue weighted by Gasteiger charge is -2.45. The minimum Gasteiger partial charge on any atom is -0.473 e. The van der Waals surface area contributed by atoms with Gasteiger partial charge in [0.1, 0.15) is 5.76 Å². The molecule has 2 aromatic rings. The average molecular weight is 509 g/mol. The highest BCUT2D eigenvalue weighted by Crippen LogP contribution is 2.64. The Kier molecular flexibility index (Phi) is 4.34. The van der Waals surface area contributed by atoms with Crippen LogP contribution in [0.3, 0.4) is 0 Å². The van der Waals surface area contributed by atoms with E-state index in [0.29, 0.717) is 5.02 Å². The van der Waals surface area contributed by atoms with Gasteiger partial charge in [-0.3, -0.25) is 24.1 Å². The van der Waals surface area contributed by atoms with Crippen LogP contribution >= 0.6 is 11.6 Å². The van der Waals surface area contributed by atoms with Crippen molar-refractivity contribution < 1.29 is 34.1 Å². The van der Waals surface area contributed by atoms with Gasteiger partial charge in [0.2, 0.25) is 11.3 Å². The molecule has 0 aromatic heterocycles. The Balaban J connectivity index is 1.73. The van der Waals surface area contributed by atoms with Gasteiger partial charge in [-0.15, -0.1) is 0 Å². The second-order valence-electron chi connectivity index (χ2n) is 10.4. The van der Waals surface area contributed by atoms with Crippen molar-refractivity contribution >= 4 is 46.4 Å². The molecule has 3 N–H and O–H groups in total. The second kappa shape index (κ2) is 6.82. The van der Waals surface area contributed by atoms with E-state index < -0.39 is 45.7 Å². The van der Waals surface area contributed by atoms with E-state index in [0.717, 1.165) is 4.90 Å². The van der Waals surface area contributed by atoms with E-state index in [1.54, 1.807) is 12.1 Å². The van der Waals surface area contributed by atoms with Crippen LogP contribution in [0.5, 0.6) is 0 Å². The summed E-state index contributed by atoms with van der Waals surface area (Å²) in [5.74, 6) is -7.37. The lowest BCUT2D eigenvalue weighted by atomic mass is 9.64. The Morgan fingerprint density at radius 2 is 1.69 bits per heavy atom. The molecule has 10 heteroatoms. The molecule has 3 aliphatic heterocycles. The smallest absolute Gasteiger partial charge is 0.297 e. The van der Waals surface area contributed by atoms with Crippen molar-refractivity contribution in [3.05, 3.63) is 70.4 Å². The van der Waals surface area contributed by atoms with Gasteiger partial charge >= 0.3 is 0 Å². The number of hydrogen-bond acceptors (Lipinski definition) is 7. The fourth-order valence-electron chi connectivity index (χ4n) is 6.07. The largest absolute Gasteiger partial charge is 0.473 e. The molecule has 1 aliphatic carbocycles. The lowest BCUT2D eigenvalue weighted by molar-refractivity contribution is -0.234. The number of benzene rings is 2. The number of aliphatic hydroxyl groups is 2. The maximum absolute atomic E-state index is 14.3. The maximum atomic E-state index is 14.3. The first-order valence-electron chi connectivity index (χ1n) is 11.3. The van der Waals surface area contributed by atoms with Gasteiger partial charge in [-0.25, -0.2) is 0 Å². The molecular weight excluding hydrogens is 488 g/mol. The number of rotatable bonds is 2. The molecule has 2 aromatic carbocycles. The number of nitrogens with one attached hydrogen (secondary N) is 1. The van der Waals surface area contributed by atoms with Gasteiger partial charge in [0, 0.05) is 23.4 Å². The van der Waals surface area contributed by atoms with E-state index in [-0.39, 0.29) is 41.1 Å². The highest BCUT2D eigenvalue weighted by Gasteiger charge is 2.90. The van der Waals surface area contributed by atoms with Gasteiger partial charge < -0.3 is 20.3 Å². The normalized spacial score (nSPS) is 29.1. The second-order valence-corrected chi connectivity index (χ2v) is 10.8. The average Bonchev–Trinajstić information content (AvgIpc) is 3.18. The third-order valence-corrected chi connectivity index (χ3v) is 7.71. The summed E-state index contributed by atoms with van der Waals surface area (Å²) >= 11 is 5.98. The molecule has 36 heavy (non-hydrogen) atoms. The highest BCUT2D eigenvalue weighted by atomic mass is 35.5. The molecule has 3 heterocycles. The summed E-state index contributed by atoms with van der Waals surface area (Å²) < 4.78 is 6.11. The number of Topliss-reactive ketones (excluding diaryl/α,β-unsaturated/α-hetero) is 2. The van der Waals surface area contributed by atoms with E-state index >= 15 is 0 Å². The number of allylic oxidation sites excluding steroid dienone is 1. The molecule has 0 radical (unpaired) electrons. The van der Waals surface area contributed by atoms with Crippen molar-refractivity contribution in [1.29, 1.82) is 0 Å². The molecule has 2 atom stereocenters. The summed E-state index contributed by atoms with van der Waals surface area (Å²) in [6, 6.07) is 11.7. The monoisotopic (exact) mass is 508 g/mol. The number of amides is 2. The van der Waals surface area contributed by atoms with Gasteiger partial charge in [0.25, 0.3) is 23.2 Å². The van der Waals surface area contributed by atoms with Gasteiger partial charge in [0.15, 0.2) is 5.78 Å². The summed E-state index contributed by atoms with van der Waals surface area (Å²) in [7, 11) is 0. The van der Waals surface area contributed by atoms with Crippen molar-refractivity contribution in [3.63, 3.8) is 0 Å². The number of halogens is 1. The van der Waals surface area contributed by atoms with Crippen LogP contribution in [-0.4, -0.2) is 50.5 Å². The van der Waals surface area contributed by atoms with Crippen molar-refractivity contribution in [1.82, 2.24) is 0 Å². The van der Waals surface area contributed by atoms with Crippen molar-refractivity contribution in [3.8, 4) is 0 Å². The molecule has 1 fully saturated rings. The van der Waals surface area contributed by atoms with Crippen LogP contribution in [0.25, 0.3) is 0 Å². The molecule has 2 amide bonds. The molecule has 0 bridgehead atoms. The maximum Gasteiger partial charge on any atom is 0.297 e. The first-order chi connectivity index (χ1) is 16.9. The first-order valence-corrected chi connectivity index (χ1v) is 11.7. The van der Waals surface area contributed by atoms with E-state index in [1.165, 1.54) is 36.4 Å². The van der Waals surface area contributed by atoms with Crippen molar-refractivity contribution in [2.75, 3.05) is 10.2 Å². The van der Waals surface area contributed by atoms with E-state index in [9.17, 15) is 29.4 Å². The third kappa shape index (κ3) is 2.42. The molecule has 9 nitrogen and oxygen atoms in total. The predicted molar refractivity (Wildman–Crippen MR) is 127 cm³/mol. The van der Waals surface area contributed by atoms with E-state index in [4.69, 9.17) is 16.3 Å². The number of fused-ring (bicyclic) bond motifs is 2. The van der Waals surface area contributed by atoms with Crippen LogP contribution in [0.4, 0.5) is 11.4 Å². The number of anilines is 2. The van der Waals surface area contributed by atoms with Gasteiger partial charge in [0.05, 0.1) is 16.9 Å². The minimum atomic E-state index is -3.50. The molecule has 2 unspecified atom stereocenters. The van der Waals surface area contributed by atoms with Crippen LogP contribution < -0.4 is 10.2 Å². The lowest BCUT2D eigenvalue weighted by Crippen LogP contribution is -2.73. The number of para-hydroxylation sites is 2. The standard InChI is InChI=1S/C26H21ClN2O7/c1-23(2)11-17(30)19-18(12-23)36-25(20(31)13-7-9-14(27)10-8-13)24(19)21(32)28-15-5-3-4-6-16(15)29(24)22(33)26(25,34)35/h3-10,34-35H,11-12H2,1-2H3,(H,28,32). The van der Waals surface area contributed by atoms with E-state index in [2.05, 4.69) is 5.32 Å². The summed E-state index contributed by atoms with van der Waals surface area (Å²) in [6.45, 7) is 3.64. The molecule has 1 saturated heterocycles. The number of ketones is 2. The SMILES string of the molecule is CC1(C)CC(=O)C2=C(C1)OC1(C(=O)c3ccc(Cl)cc3)C(O)(O)C(=O)N3c4ccccc4NC(=O)C231. The van der Waals surface area contributed by atoms with E-state index in [1.807, 2.05) is 13.8 Å². The van der Waals surface area contributed by atoms with Gasteiger partial charge in [-0.05, 0) is 41.8 Å². The van der Waals surface area contributed by atoms with Crippen LogP contribution in [0.15, 0.2) is 59.9 Å². The topological polar surface area (TPSA) is 133 Å². The zero-order valence-electron chi connectivity index (χ0n) is 19.3. The number of hydrogen-bond donors (Lipinski definition) is 3. The quantitative estimate of drug-likeness (QED) is 0.419. The van der Waals surface area contributed by atoms with Crippen molar-refractivity contribution in [2.24, 2.45) is 5.41 Å². The zero-order chi connectivity index (χ0) is 25.8. The molecule has 4 aliphatic rings. The molecular formula is C26H21ClN2O7. The summed E-state index contributed by atoms with van der Waals surface area (Å²) in [5.41, 5.74) is -5.96. The molecule has 184 valence electrons. The van der Waals surface area contributed by atoms with Crippen LogP contribution in [-0.2, 0) is 19.1 Å². The summed E-state index contributed by atoms with van der Waals surface area (Å²) in [4.78, 5) is 56.6. The highest BCUT2D eigenvalue weighted by molar-refractivity contribution is 6.33. The summed E-state index contributed by atoms with van der Waals surface area (Å²) in [6.07, 6.45) is 0.140. The zero-order valence-corrected chi connectivity index (χ0v) is 20.0. The third-order valence-electron chi connectivity index (χ3n) is 7.46. The first kappa shape index (κ1) is 22.9. The van der Waals surface area contributed by atoms with Crippen LogP contribution in [0.1, 0.15) is 37.0 Å². The number of carbonyl (C=O) groups excluding carboxylic acids is 4. The Bertz CT molecular complexity index is 1440. The summed E-state index contributed by atoms with van der Waals surface area (Å²) in [5, 5.41) is 25.9. The van der Waals surface area contributed by atoms with Crippen LogP contribution in [0, 0.1) is 5.41 Å². The Morgan fingerprint density at radius 1 is 1.03 bits per heavy atom. The number of ether oxygens (including phenoxy) is 1. The predicted octanol–water partition coefficient (Wildman–Crippen LogP) is 2.35. The number of carbonyl (C=O) groups is 4. The van der Waals surface area contributed by atoms with Gasteiger partial charge in [-0.1, -0.05) is 37.6 Å². The Morgan fingerprint density at radius 3 is 2.39 bits per heavy atom. The number of nitrogens with zero attached hydrogens (tertiary/aromatic N) is 1. The molecule has 1 spiro atoms. The fraction of sp³-hybridized carbons (Fsp3) is 0.308. The minimum absolute atomic E-state index is 0.00295.